The number of rotatable bonds is 4. The van der Waals surface area contributed by atoms with Gasteiger partial charge in [0.2, 0.25) is 0 Å². The molecule has 0 aliphatic rings. The van der Waals surface area contributed by atoms with Crippen molar-refractivity contribution in [3.8, 4) is 5.75 Å². The smallest absolute Gasteiger partial charge is 0.130 e. The number of ether oxygens (including phenoxy) is 1. The van der Waals surface area contributed by atoms with Gasteiger partial charge in [-0.25, -0.2) is 0 Å². The molecule has 0 amide bonds. The van der Waals surface area contributed by atoms with Gasteiger partial charge >= 0.3 is 0 Å². The molecule has 0 radical (unpaired) electrons. The average molecular weight is 270 g/mol. The van der Waals surface area contributed by atoms with E-state index in [4.69, 9.17) is 9.94 Å². The van der Waals surface area contributed by atoms with Gasteiger partial charge in [-0.15, -0.1) is 0 Å². The molecule has 0 fully saturated rings. The number of hydrogen-bond acceptors (Lipinski definition) is 4. The largest absolute Gasteiger partial charge is 0.487 e. The van der Waals surface area contributed by atoms with E-state index in [0.29, 0.717) is 18.1 Å². The predicted molar refractivity (Wildman–Crippen MR) is 78.5 cm³/mol. The zero-order chi connectivity index (χ0) is 14.5. The summed E-state index contributed by atoms with van der Waals surface area (Å²) in [5.41, 5.74) is 4.39. The Balaban J connectivity index is 2.25. The third-order valence-electron chi connectivity index (χ3n) is 3.16. The summed E-state index contributed by atoms with van der Waals surface area (Å²) in [5, 5.41) is 12.2. The Labute approximate surface area is 118 Å². The normalized spacial score (nSPS) is 11.4. The first-order chi connectivity index (χ1) is 9.61. The van der Waals surface area contributed by atoms with E-state index in [1.54, 1.807) is 13.1 Å². The molecule has 0 unspecified atom stereocenters. The van der Waals surface area contributed by atoms with Gasteiger partial charge in [0, 0.05) is 11.8 Å². The van der Waals surface area contributed by atoms with Gasteiger partial charge in [0.15, 0.2) is 0 Å². The standard InChI is InChI=1S/C16H18N2O2/c1-11-6-7-14(13(3)18-19)16(9-11)20-10-15-12(2)5-4-8-17-15/h4-9,19H,10H2,1-3H3/b18-13-. The molecule has 0 saturated heterocycles. The lowest BCUT2D eigenvalue weighted by molar-refractivity contribution is 0.298. The molecule has 0 aliphatic carbocycles. The van der Waals surface area contributed by atoms with Gasteiger partial charge in [0.1, 0.15) is 12.4 Å². The van der Waals surface area contributed by atoms with Gasteiger partial charge in [-0.3, -0.25) is 4.98 Å². The highest BCUT2D eigenvalue weighted by atomic mass is 16.5. The first kappa shape index (κ1) is 14.1. The Morgan fingerprint density at radius 2 is 2.10 bits per heavy atom. The maximum absolute atomic E-state index is 8.93. The number of oxime groups is 1. The maximum atomic E-state index is 8.93. The van der Waals surface area contributed by atoms with Crippen molar-refractivity contribution in [2.75, 3.05) is 0 Å². The van der Waals surface area contributed by atoms with Crippen LogP contribution in [-0.4, -0.2) is 15.9 Å². The molecule has 1 N–H and O–H groups in total. The zero-order valence-corrected chi connectivity index (χ0v) is 11.9. The summed E-state index contributed by atoms with van der Waals surface area (Å²) in [7, 11) is 0. The van der Waals surface area contributed by atoms with E-state index in [9.17, 15) is 0 Å². The fraction of sp³-hybridized carbons (Fsp3) is 0.250. The number of aromatic nitrogens is 1. The second-order valence-corrected chi connectivity index (χ2v) is 4.74. The Bertz CT molecular complexity index is 636. The topological polar surface area (TPSA) is 54.7 Å². The number of aryl methyl sites for hydroxylation is 2. The lowest BCUT2D eigenvalue weighted by Crippen LogP contribution is -2.05. The Hall–Kier alpha value is -2.36. The number of nitrogens with zero attached hydrogens (tertiary/aromatic N) is 2. The Morgan fingerprint density at radius 1 is 1.30 bits per heavy atom. The van der Waals surface area contributed by atoms with E-state index in [1.165, 1.54) is 0 Å². The van der Waals surface area contributed by atoms with Crippen LogP contribution in [0.15, 0.2) is 41.7 Å². The van der Waals surface area contributed by atoms with Crippen molar-refractivity contribution in [3.05, 3.63) is 58.9 Å². The quantitative estimate of drug-likeness (QED) is 0.525. The summed E-state index contributed by atoms with van der Waals surface area (Å²) in [6, 6.07) is 9.69. The summed E-state index contributed by atoms with van der Waals surface area (Å²) in [4.78, 5) is 4.31. The van der Waals surface area contributed by atoms with Crippen LogP contribution in [0, 0.1) is 13.8 Å². The minimum Gasteiger partial charge on any atom is -0.487 e. The van der Waals surface area contributed by atoms with Crippen molar-refractivity contribution < 1.29 is 9.94 Å². The fourth-order valence-electron chi connectivity index (χ4n) is 1.92. The highest BCUT2D eigenvalue weighted by molar-refractivity contribution is 6.00. The van der Waals surface area contributed by atoms with Crippen LogP contribution >= 0.6 is 0 Å². The molecule has 1 aromatic carbocycles. The first-order valence-corrected chi connectivity index (χ1v) is 6.45. The van der Waals surface area contributed by atoms with E-state index in [2.05, 4.69) is 10.1 Å². The van der Waals surface area contributed by atoms with Gasteiger partial charge < -0.3 is 9.94 Å². The molecule has 1 heterocycles. The minimum atomic E-state index is 0.391. The molecule has 20 heavy (non-hydrogen) atoms. The van der Waals surface area contributed by atoms with Crippen LogP contribution in [0.25, 0.3) is 0 Å². The number of hydrogen-bond donors (Lipinski definition) is 1. The van der Waals surface area contributed by atoms with Crippen molar-refractivity contribution in [1.29, 1.82) is 0 Å². The van der Waals surface area contributed by atoms with Crippen LogP contribution in [0.1, 0.15) is 29.3 Å². The molecule has 0 saturated carbocycles. The van der Waals surface area contributed by atoms with E-state index >= 15 is 0 Å². The summed E-state index contributed by atoms with van der Waals surface area (Å²) < 4.78 is 5.85. The van der Waals surface area contributed by atoms with Gasteiger partial charge in [0.25, 0.3) is 0 Å². The first-order valence-electron chi connectivity index (χ1n) is 6.45. The van der Waals surface area contributed by atoms with E-state index in [1.807, 2.05) is 44.2 Å². The van der Waals surface area contributed by atoms with Crippen molar-refractivity contribution >= 4 is 5.71 Å². The predicted octanol–water partition coefficient (Wildman–Crippen LogP) is 3.48. The summed E-state index contributed by atoms with van der Waals surface area (Å²) in [6.07, 6.45) is 1.75. The molecular weight excluding hydrogens is 252 g/mol. The molecule has 4 heteroatoms. The van der Waals surface area contributed by atoms with Gasteiger partial charge in [-0.05, 0) is 50.1 Å². The SMILES string of the molecule is C/C(=N/O)c1ccc(C)cc1OCc1ncccc1C. The fourth-order valence-corrected chi connectivity index (χ4v) is 1.92. The maximum Gasteiger partial charge on any atom is 0.130 e. The highest BCUT2D eigenvalue weighted by Crippen LogP contribution is 2.22. The molecule has 0 aliphatic heterocycles. The molecule has 2 aromatic rings. The molecule has 1 aromatic heterocycles. The Kier molecular flexibility index (Phi) is 4.35. The minimum absolute atomic E-state index is 0.391. The van der Waals surface area contributed by atoms with E-state index < -0.39 is 0 Å². The molecule has 104 valence electrons. The van der Waals surface area contributed by atoms with Gasteiger partial charge in [0.05, 0.1) is 11.4 Å². The highest BCUT2D eigenvalue weighted by Gasteiger charge is 2.09. The molecule has 0 atom stereocenters. The molecule has 0 spiro atoms. The van der Waals surface area contributed by atoms with Crippen LogP contribution in [0.2, 0.25) is 0 Å². The van der Waals surface area contributed by atoms with Gasteiger partial charge in [-0.1, -0.05) is 17.3 Å². The van der Waals surface area contributed by atoms with Gasteiger partial charge in [-0.2, -0.15) is 0 Å². The second kappa shape index (κ2) is 6.19. The van der Waals surface area contributed by atoms with Crippen molar-refractivity contribution in [1.82, 2.24) is 4.98 Å². The van der Waals surface area contributed by atoms with Crippen LogP contribution in [0.3, 0.4) is 0 Å². The summed E-state index contributed by atoms with van der Waals surface area (Å²) in [6.45, 7) is 6.13. The van der Waals surface area contributed by atoms with Crippen molar-refractivity contribution in [2.45, 2.75) is 27.4 Å². The van der Waals surface area contributed by atoms with Crippen molar-refractivity contribution in [2.24, 2.45) is 5.16 Å². The number of benzene rings is 1. The third kappa shape index (κ3) is 3.15. The Morgan fingerprint density at radius 3 is 2.80 bits per heavy atom. The molecule has 4 nitrogen and oxygen atoms in total. The monoisotopic (exact) mass is 270 g/mol. The van der Waals surface area contributed by atoms with Crippen LogP contribution in [-0.2, 0) is 6.61 Å². The molecule has 2 rings (SSSR count). The average Bonchev–Trinajstić information content (AvgIpc) is 2.46. The molecular formula is C16H18N2O2. The van der Waals surface area contributed by atoms with Crippen LogP contribution in [0.5, 0.6) is 5.75 Å². The summed E-state index contributed by atoms with van der Waals surface area (Å²) in [5.74, 6) is 0.699. The van der Waals surface area contributed by atoms with E-state index in [-0.39, 0.29) is 0 Å². The lowest BCUT2D eigenvalue weighted by atomic mass is 10.1. The number of pyridine rings is 1. The lowest BCUT2D eigenvalue weighted by Gasteiger charge is -2.12. The van der Waals surface area contributed by atoms with E-state index in [0.717, 1.165) is 22.4 Å². The van der Waals surface area contributed by atoms with Crippen LogP contribution in [0.4, 0.5) is 0 Å². The molecule has 0 bridgehead atoms. The van der Waals surface area contributed by atoms with Crippen molar-refractivity contribution in [3.63, 3.8) is 0 Å². The zero-order valence-electron chi connectivity index (χ0n) is 11.9. The van der Waals surface area contributed by atoms with Crippen LogP contribution < -0.4 is 4.74 Å². The third-order valence-corrected chi connectivity index (χ3v) is 3.16. The summed E-state index contributed by atoms with van der Waals surface area (Å²) >= 11 is 0. The second-order valence-electron chi connectivity index (χ2n) is 4.74.